The van der Waals surface area contributed by atoms with E-state index in [1.165, 1.54) is 0 Å². The fourth-order valence-electron chi connectivity index (χ4n) is 3.90. The van der Waals surface area contributed by atoms with Crippen molar-refractivity contribution in [3.63, 3.8) is 0 Å². The van der Waals surface area contributed by atoms with Crippen LogP contribution in [0.1, 0.15) is 47.5 Å². The van der Waals surface area contributed by atoms with Gasteiger partial charge >= 0.3 is 6.03 Å². The number of aryl methyl sites for hydroxylation is 3. The summed E-state index contributed by atoms with van der Waals surface area (Å²) in [6, 6.07) is 11.3. The summed E-state index contributed by atoms with van der Waals surface area (Å²) in [6.45, 7) is 7.09. The molecule has 7 nitrogen and oxygen atoms in total. The second-order valence-electron chi connectivity index (χ2n) is 7.69. The van der Waals surface area contributed by atoms with E-state index < -0.39 is 0 Å². The summed E-state index contributed by atoms with van der Waals surface area (Å²) < 4.78 is 2.08. The number of nitrogens with zero attached hydrogens (tertiary/aromatic N) is 5. The van der Waals surface area contributed by atoms with Gasteiger partial charge in [-0.2, -0.15) is 0 Å². The summed E-state index contributed by atoms with van der Waals surface area (Å²) in [5.74, 6) is 1.64. The molecule has 8 heteroatoms. The highest BCUT2D eigenvalue weighted by Crippen LogP contribution is 2.32. The Balaban J connectivity index is 1.56. The van der Waals surface area contributed by atoms with Crippen molar-refractivity contribution < 1.29 is 4.79 Å². The number of pyridine rings is 1. The van der Waals surface area contributed by atoms with Gasteiger partial charge in [-0.25, -0.2) is 4.79 Å². The van der Waals surface area contributed by atoms with E-state index in [-0.39, 0.29) is 12.1 Å². The number of urea groups is 1. The predicted molar refractivity (Wildman–Crippen MR) is 117 cm³/mol. The number of aromatic nitrogens is 4. The van der Waals surface area contributed by atoms with Crippen molar-refractivity contribution >= 4 is 23.3 Å². The van der Waals surface area contributed by atoms with Gasteiger partial charge in [0.1, 0.15) is 5.82 Å². The van der Waals surface area contributed by atoms with Crippen LogP contribution in [0.2, 0.25) is 5.02 Å². The second kappa shape index (κ2) is 8.44. The van der Waals surface area contributed by atoms with Crippen LogP contribution in [0, 0.1) is 20.8 Å². The molecule has 0 unspecified atom stereocenters. The average molecular weight is 425 g/mol. The summed E-state index contributed by atoms with van der Waals surface area (Å²) in [7, 11) is 0. The number of amides is 2. The Hall–Kier alpha value is -2.93. The Labute approximate surface area is 181 Å². The third-order valence-corrected chi connectivity index (χ3v) is 5.75. The van der Waals surface area contributed by atoms with Gasteiger partial charge in [-0.3, -0.25) is 4.98 Å². The quantitative estimate of drug-likeness (QED) is 0.660. The van der Waals surface area contributed by atoms with Gasteiger partial charge in [-0.1, -0.05) is 23.7 Å². The molecule has 2 amide bonds. The first-order chi connectivity index (χ1) is 14.4. The van der Waals surface area contributed by atoms with Crippen LogP contribution in [0.5, 0.6) is 0 Å². The van der Waals surface area contributed by atoms with E-state index in [0.717, 1.165) is 47.1 Å². The van der Waals surface area contributed by atoms with Gasteiger partial charge in [-0.05, 0) is 63.4 Å². The lowest BCUT2D eigenvalue weighted by atomic mass is 10.2. The van der Waals surface area contributed by atoms with Gasteiger partial charge in [0.05, 0.1) is 24.0 Å². The topological polar surface area (TPSA) is 75.9 Å². The standard InChI is InChI=1S/C22H25ClN6O/c1-14-6-11-19(15(2)24-14)25-22(30)28-12-4-5-20(28)21-27-26-16(3)29(21)13-17-7-9-18(23)10-8-17/h6-11,20H,4-5,12-13H2,1-3H3,(H,25,30)/t20-/m1/s1. The molecule has 1 saturated heterocycles. The number of nitrogens with one attached hydrogen (secondary N) is 1. The minimum atomic E-state index is -0.134. The molecular formula is C22H25ClN6O. The summed E-state index contributed by atoms with van der Waals surface area (Å²) in [5.41, 5.74) is 3.57. The van der Waals surface area contributed by atoms with Crippen molar-refractivity contribution in [1.82, 2.24) is 24.6 Å². The zero-order chi connectivity index (χ0) is 21.3. The maximum atomic E-state index is 13.1. The first-order valence-corrected chi connectivity index (χ1v) is 10.5. The first kappa shape index (κ1) is 20.3. The van der Waals surface area contributed by atoms with E-state index in [0.29, 0.717) is 18.1 Å². The van der Waals surface area contributed by atoms with Gasteiger partial charge in [0.15, 0.2) is 5.82 Å². The van der Waals surface area contributed by atoms with Crippen LogP contribution < -0.4 is 5.32 Å². The molecule has 0 spiro atoms. The van der Waals surface area contributed by atoms with Crippen molar-refractivity contribution in [1.29, 1.82) is 0 Å². The zero-order valence-corrected chi connectivity index (χ0v) is 18.1. The summed E-state index contributed by atoms with van der Waals surface area (Å²) >= 11 is 6.01. The Kier molecular flexibility index (Phi) is 5.72. The zero-order valence-electron chi connectivity index (χ0n) is 17.4. The third kappa shape index (κ3) is 4.16. The van der Waals surface area contributed by atoms with E-state index in [1.807, 2.05) is 62.1 Å². The SMILES string of the molecule is Cc1ccc(NC(=O)N2CCC[C@@H]2c2nnc(C)n2Cc2ccc(Cl)cc2)c(C)n1. The lowest BCUT2D eigenvalue weighted by Crippen LogP contribution is -2.36. The van der Waals surface area contributed by atoms with E-state index in [4.69, 9.17) is 11.6 Å². The highest BCUT2D eigenvalue weighted by Gasteiger charge is 2.34. The van der Waals surface area contributed by atoms with Gasteiger partial charge in [0, 0.05) is 17.3 Å². The van der Waals surface area contributed by atoms with Crippen molar-refractivity contribution in [3.8, 4) is 0 Å². The molecule has 156 valence electrons. The minimum absolute atomic E-state index is 0.114. The molecule has 4 rings (SSSR count). The highest BCUT2D eigenvalue weighted by atomic mass is 35.5. The molecule has 2 aromatic heterocycles. The van der Waals surface area contributed by atoms with E-state index >= 15 is 0 Å². The number of hydrogen-bond donors (Lipinski definition) is 1. The molecule has 3 heterocycles. The van der Waals surface area contributed by atoms with Gasteiger partial charge in [0.2, 0.25) is 0 Å². The minimum Gasteiger partial charge on any atom is -0.314 e. The Morgan fingerprint density at radius 1 is 1.13 bits per heavy atom. The largest absolute Gasteiger partial charge is 0.322 e. The smallest absolute Gasteiger partial charge is 0.314 e. The molecule has 0 bridgehead atoms. The molecule has 1 aromatic carbocycles. The molecule has 3 aromatic rings. The van der Waals surface area contributed by atoms with Crippen molar-refractivity contribution in [2.24, 2.45) is 0 Å². The monoisotopic (exact) mass is 424 g/mol. The molecule has 1 aliphatic heterocycles. The van der Waals surface area contributed by atoms with Crippen molar-refractivity contribution in [3.05, 3.63) is 70.0 Å². The number of rotatable bonds is 4. The molecule has 1 N–H and O–H groups in total. The Morgan fingerprint density at radius 3 is 2.63 bits per heavy atom. The summed E-state index contributed by atoms with van der Waals surface area (Å²) in [5, 5.41) is 12.4. The van der Waals surface area contributed by atoms with Crippen LogP contribution in [-0.4, -0.2) is 37.2 Å². The predicted octanol–water partition coefficient (Wildman–Crippen LogP) is 4.67. The van der Waals surface area contributed by atoms with Crippen molar-refractivity contribution in [2.75, 3.05) is 11.9 Å². The number of anilines is 1. The molecule has 30 heavy (non-hydrogen) atoms. The van der Waals surface area contributed by atoms with Gasteiger partial charge < -0.3 is 14.8 Å². The number of carbonyl (C=O) groups is 1. The Morgan fingerprint density at radius 2 is 1.90 bits per heavy atom. The van der Waals surface area contributed by atoms with Gasteiger partial charge in [-0.15, -0.1) is 10.2 Å². The lowest BCUT2D eigenvalue weighted by Gasteiger charge is -2.25. The van der Waals surface area contributed by atoms with E-state index in [9.17, 15) is 4.79 Å². The maximum absolute atomic E-state index is 13.1. The summed E-state index contributed by atoms with van der Waals surface area (Å²) in [6.07, 6.45) is 1.79. The molecule has 1 aliphatic rings. The van der Waals surface area contributed by atoms with Crippen LogP contribution in [0.4, 0.5) is 10.5 Å². The average Bonchev–Trinajstić information content (AvgIpc) is 3.33. The lowest BCUT2D eigenvalue weighted by molar-refractivity contribution is 0.203. The van der Waals surface area contributed by atoms with Gasteiger partial charge in [0.25, 0.3) is 0 Å². The van der Waals surface area contributed by atoms with E-state index in [2.05, 4.69) is 25.1 Å². The van der Waals surface area contributed by atoms with Crippen LogP contribution in [0.15, 0.2) is 36.4 Å². The highest BCUT2D eigenvalue weighted by molar-refractivity contribution is 6.30. The molecule has 0 saturated carbocycles. The van der Waals surface area contributed by atoms with Crippen LogP contribution in [-0.2, 0) is 6.54 Å². The maximum Gasteiger partial charge on any atom is 0.322 e. The van der Waals surface area contributed by atoms with Crippen LogP contribution in [0.3, 0.4) is 0 Å². The van der Waals surface area contributed by atoms with Crippen LogP contribution >= 0.6 is 11.6 Å². The molecule has 0 radical (unpaired) electrons. The van der Waals surface area contributed by atoms with Crippen LogP contribution in [0.25, 0.3) is 0 Å². The normalized spacial score (nSPS) is 16.1. The molecule has 1 atom stereocenters. The fraction of sp³-hybridized carbons (Fsp3) is 0.364. The first-order valence-electron chi connectivity index (χ1n) is 10.1. The molecule has 0 aliphatic carbocycles. The number of likely N-dealkylation sites (tertiary alicyclic amines) is 1. The number of carbonyl (C=O) groups excluding carboxylic acids is 1. The number of hydrogen-bond acceptors (Lipinski definition) is 4. The fourth-order valence-corrected chi connectivity index (χ4v) is 4.02. The second-order valence-corrected chi connectivity index (χ2v) is 8.12. The third-order valence-electron chi connectivity index (χ3n) is 5.50. The molecule has 1 fully saturated rings. The number of halogens is 1. The number of benzene rings is 1. The summed E-state index contributed by atoms with van der Waals surface area (Å²) in [4.78, 5) is 19.3. The molecular weight excluding hydrogens is 400 g/mol. The Bertz CT molecular complexity index is 1060. The van der Waals surface area contributed by atoms with Crippen molar-refractivity contribution in [2.45, 2.75) is 46.2 Å². The van der Waals surface area contributed by atoms with E-state index in [1.54, 1.807) is 0 Å².